The quantitative estimate of drug-likeness (QED) is 0.401. The van der Waals surface area contributed by atoms with Crippen molar-refractivity contribution in [3.8, 4) is 17.0 Å². The summed E-state index contributed by atoms with van der Waals surface area (Å²) < 4.78 is 78.7. The number of rotatable bonds is 5. The minimum atomic E-state index is -4.68. The van der Waals surface area contributed by atoms with Gasteiger partial charge in [-0.3, -0.25) is 9.48 Å². The first kappa shape index (κ1) is 25.4. The van der Waals surface area contributed by atoms with Gasteiger partial charge in [-0.25, -0.2) is 0 Å². The lowest BCUT2D eigenvalue weighted by molar-refractivity contribution is -0.143. The fourth-order valence-electron chi connectivity index (χ4n) is 3.37. The molecule has 2 aromatic carbocycles. The third-order valence-corrected chi connectivity index (χ3v) is 5.27. The molecule has 0 atom stereocenters. The molecule has 0 saturated heterocycles. The number of halogens is 7. The smallest absolute Gasteiger partial charge is 0.433 e. The summed E-state index contributed by atoms with van der Waals surface area (Å²) in [6, 6.07) is 7.29. The number of aromatic nitrogens is 2. The first-order valence-electron chi connectivity index (χ1n) is 9.87. The minimum Gasteiger partial charge on any atom is -0.507 e. The molecular formula is C22H18ClF6N3O2. The van der Waals surface area contributed by atoms with E-state index in [0.29, 0.717) is 17.2 Å². The van der Waals surface area contributed by atoms with Gasteiger partial charge in [0.25, 0.3) is 5.91 Å². The van der Waals surface area contributed by atoms with Gasteiger partial charge in [0.05, 0.1) is 16.3 Å². The summed E-state index contributed by atoms with van der Waals surface area (Å²) in [6.07, 6.45) is -8.85. The molecule has 0 aliphatic rings. The number of hydrogen-bond acceptors (Lipinski definition) is 3. The summed E-state index contributed by atoms with van der Waals surface area (Å²) in [6.45, 7) is 1.92. The Morgan fingerprint density at radius 1 is 1.06 bits per heavy atom. The Balaban J connectivity index is 1.96. The van der Waals surface area contributed by atoms with E-state index in [2.05, 4.69) is 5.10 Å². The van der Waals surface area contributed by atoms with Crippen molar-refractivity contribution in [3.63, 3.8) is 0 Å². The summed E-state index contributed by atoms with van der Waals surface area (Å²) in [5.74, 6) is -1.09. The van der Waals surface area contributed by atoms with Crippen molar-refractivity contribution in [3.05, 3.63) is 64.3 Å². The van der Waals surface area contributed by atoms with E-state index in [9.17, 15) is 36.2 Å². The van der Waals surface area contributed by atoms with E-state index in [1.807, 2.05) is 0 Å². The van der Waals surface area contributed by atoms with Crippen LogP contribution in [0.5, 0.6) is 5.75 Å². The van der Waals surface area contributed by atoms with Crippen molar-refractivity contribution in [2.75, 3.05) is 11.4 Å². The maximum absolute atomic E-state index is 13.1. The number of carbonyl (C=O) groups is 1. The molecular weight excluding hydrogens is 488 g/mol. The lowest BCUT2D eigenvalue weighted by Crippen LogP contribution is -2.31. The van der Waals surface area contributed by atoms with Crippen LogP contribution >= 0.6 is 11.6 Å². The maximum atomic E-state index is 13.1. The number of carbonyl (C=O) groups excluding carboxylic acids is 1. The number of amides is 1. The number of nitrogens with zero attached hydrogens (tertiary/aromatic N) is 3. The van der Waals surface area contributed by atoms with Crippen molar-refractivity contribution in [1.82, 2.24) is 9.78 Å². The highest BCUT2D eigenvalue weighted by Crippen LogP contribution is 2.38. The summed E-state index contributed by atoms with van der Waals surface area (Å²) in [4.78, 5) is 14.3. The van der Waals surface area contributed by atoms with E-state index in [4.69, 9.17) is 11.6 Å². The van der Waals surface area contributed by atoms with Crippen LogP contribution in [0.1, 0.15) is 35.0 Å². The lowest BCUT2D eigenvalue weighted by Gasteiger charge is -2.23. The van der Waals surface area contributed by atoms with Gasteiger partial charge in [-0.15, -0.1) is 0 Å². The highest BCUT2D eigenvalue weighted by Gasteiger charge is 2.36. The van der Waals surface area contributed by atoms with Crippen LogP contribution in [0.4, 0.5) is 32.0 Å². The van der Waals surface area contributed by atoms with Crippen LogP contribution in [0, 0.1) is 0 Å². The van der Waals surface area contributed by atoms with E-state index >= 15 is 0 Å². The number of anilines is 1. The molecule has 0 unspecified atom stereocenters. The number of aromatic hydroxyl groups is 1. The summed E-state index contributed by atoms with van der Waals surface area (Å²) in [5.41, 5.74) is -2.11. The molecule has 0 aliphatic carbocycles. The minimum absolute atomic E-state index is 0.0105. The van der Waals surface area contributed by atoms with Crippen LogP contribution < -0.4 is 4.90 Å². The summed E-state index contributed by atoms with van der Waals surface area (Å²) >= 11 is 5.73. The first-order valence-corrected chi connectivity index (χ1v) is 10.2. The zero-order chi connectivity index (χ0) is 25.4. The molecule has 34 heavy (non-hydrogen) atoms. The van der Waals surface area contributed by atoms with Gasteiger partial charge >= 0.3 is 12.4 Å². The number of phenols is 1. The number of phenolic OH excluding ortho intramolecular Hbond substituents is 1. The Labute approximate surface area is 195 Å². The van der Waals surface area contributed by atoms with Gasteiger partial charge in [-0.1, -0.05) is 18.5 Å². The maximum Gasteiger partial charge on any atom is 0.433 e. The Bertz CT molecular complexity index is 1220. The van der Waals surface area contributed by atoms with Crippen LogP contribution in [0.3, 0.4) is 0 Å². The molecule has 1 aromatic heterocycles. The highest BCUT2D eigenvalue weighted by molar-refractivity contribution is 6.32. The van der Waals surface area contributed by atoms with Gasteiger partial charge < -0.3 is 10.0 Å². The van der Waals surface area contributed by atoms with Gasteiger partial charge in [0.15, 0.2) is 0 Å². The molecule has 1 N–H and O–H groups in total. The predicted octanol–water partition coefficient (Wildman–Crippen LogP) is 6.54. The number of benzene rings is 2. The molecule has 0 spiro atoms. The van der Waals surface area contributed by atoms with Crippen LogP contribution in [-0.2, 0) is 19.4 Å². The molecule has 3 rings (SSSR count). The van der Waals surface area contributed by atoms with Gasteiger partial charge in [0, 0.05) is 36.5 Å². The molecule has 0 aliphatic heterocycles. The van der Waals surface area contributed by atoms with E-state index in [1.165, 1.54) is 23.1 Å². The summed E-state index contributed by atoms with van der Waals surface area (Å²) in [5, 5.41) is 13.6. The second-order valence-electron chi connectivity index (χ2n) is 7.39. The number of alkyl halides is 6. The monoisotopic (exact) mass is 505 g/mol. The first-order chi connectivity index (χ1) is 15.7. The van der Waals surface area contributed by atoms with Crippen molar-refractivity contribution in [2.45, 2.75) is 25.7 Å². The van der Waals surface area contributed by atoms with Crippen molar-refractivity contribution >= 4 is 23.2 Å². The van der Waals surface area contributed by atoms with Crippen molar-refractivity contribution in [2.24, 2.45) is 7.05 Å². The van der Waals surface area contributed by atoms with Crippen LogP contribution in [0.2, 0.25) is 5.02 Å². The molecule has 3 aromatic rings. The molecule has 0 saturated carbocycles. The highest BCUT2D eigenvalue weighted by atomic mass is 35.5. The Morgan fingerprint density at radius 2 is 1.74 bits per heavy atom. The van der Waals surface area contributed by atoms with E-state index in [-0.39, 0.29) is 29.1 Å². The molecule has 12 heteroatoms. The molecule has 0 bridgehead atoms. The van der Waals surface area contributed by atoms with Gasteiger partial charge in [-0.05, 0) is 42.8 Å². The van der Waals surface area contributed by atoms with Gasteiger partial charge in [0.2, 0.25) is 0 Å². The fraction of sp³-hybridized carbons (Fsp3) is 0.273. The molecule has 0 radical (unpaired) electrons. The average molecular weight is 506 g/mol. The number of aryl methyl sites for hydroxylation is 1. The second kappa shape index (κ2) is 9.21. The fourth-order valence-corrected chi connectivity index (χ4v) is 3.66. The van der Waals surface area contributed by atoms with Crippen molar-refractivity contribution < 1.29 is 36.2 Å². The van der Waals surface area contributed by atoms with E-state index < -0.39 is 40.3 Å². The van der Waals surface area contributed by atoms with E-state index in [0.717, 1.165) is 25.2 Å². The Morgan fingerprint density at radius 3 is 2.24 bits per heavy atom. The molecule has 5 nitrogen and oxygen atoms in total. The zero-order valence-corrected chi connectivity index (χ0v) is 18.6. The van der Waals surface area contributed by atoms with Crippen LogP contribution in [0.15, 0.2) is 42.5 Å². The third kappa shape index (κ3) is 5.14. The SMILES string of the molecule is CCCN(C(=O)c1ccc(C(F)(F)F)c(Cl)c1)c1ccc(-c2cc(C(F)(F)F)n(C)n2)c(O)c1. The topological polar surface area (TPSA) is 58.4 Å². The van der Waals surface area contributed by atoms with E-state index in [1.54, 1.807) is 6.92 Å². The van der Waals surface area contributed by atoms with Crippen LogP contribution in [-0.4, -0.2) is 27.3 Å². The second-order valence-corrected chi connectivity index (χ2v) is 7.79. The largest absolute Gasteiger partial charge is 0.507 e. The zero-order valence-electron chi connectivity index (χ0n) is 17.8. The molecule has 1 heterocycles. The standard InChI is InChI=1S/C22H18ClF6N3O2/c1-3-8-32(20(34)12-4-7-15(16(23)9-12)21(24,25)26)13-5-6-14(18(33)10-13)17-11-19(22(27,28)29)31(2)30-17/h4-7,9-11,33H,3,8H2,1-2H3. The molecule has 182 valence electrons. The lowest BCUT2D eigenvalue weighted by atomic mass is 10.1. The Hall–Kier alpha value is -3.21. The van der Waals surface area contributed by atoms with Crippen LogP contribution in [0.25, 0.3) is 11.3 Å². The predicted molar refractivity (Wildman–Crippen MR) is 114 cm³/mol. The molecule has 1 amide bonds. The number of hydrogen-bond donors (Lipinski definition) is 1. The average Bonchev–Trinajstić information content (AvgIpc) is 3.12. The Kier molecular flexibility index (Phi) is 6.88. The third-order valence-electron chi connectivity index (χ3n) is 4.95. The molecule has 0 fully saturated rings. The van der Waals surface area contributed by atoms with Gasteiger partial charge in [-0.2, -0.15) is 31.4 Å². The summed E-state index contributed by atoms with van der Waals surface area (Å²) in [7, 11) is 1.12. The normalized spacial score (nSPS) is 12.1. The van der Waals surface area contributed by atoms with Gasteiger partial charge in [0.1, 0.15) is 11.4 Å². The van der Waals surface area contributed by atoms with Crippen molar-refractivity contribution in [1.29, 1.82) is 0 Å².